The average Bonchev–Trinajstić information content (AvgIpc) is 2.39. The quantitative estimate of drug-likeness (QED) is 0.850. The lowest BCUT2D eigenvalue weighted by molar-refractivity contribution is 0.312. The van der Waals surface area contributed by atoms with E-state index in [4.69, 9.17) is 5.73 Å². The molecule has 1 aliphatic rings. The predicted octanol–water partition coefficient (Wildman–Crippen LogP) is 2.62. The van der Waals surface area contributed by atoms with E-state index in [9.17, 15) is 0 Å². The maximum absolute atomic E-state index is 5.53. The third kappa shape index (κ3) is 2.59. The fraction of sp³-hybridized carbons (Fsp3) is 0.692. The van der Waals surface area contributed by atoms with Crippen LogP contribution in [0.2, 0.25) is 0 Å². The van der Waals surface area contributed by atoms with Gasteiger partial charge in [0.15, 0.2) is 0 Å². The van der Waals surface area contributed by atoms with Crippen LogP contribution in [0.3, 0.4) is 0 Å². The standard InChI is InChI=1S/C13H21N3/c1-2-10-3-5-12(6-4-10)13-15-8-11(7-14)9-16-13/h8-10,12H,2-7,14H2,1H3. The van der Waals surface area contributed by atoms with Crippen LogP contribution in [-0.4, -0.2) is 9.97 Å². The van der Waals surface area contributed by atoms with Crippen LogP contribution in [0.5, 0.6) is 0 Å². The predicted molar refractivity (Wildman–Crippen MR) is 64.9 cm³/mol. The number of hydrogen-bond acceptors (Lipinski definition) is 3. The van der Waals surface area contributed by atoms with Crippen molar-refractivity contribution < 1.29 is 0 Å². The van der Waals surface area contributed by atoms with Crippen molar-refractivity contribution >= 4 is 0 Å². The van der Waals surface area contributed by atoms with Crippen molar-refractivity contribution in [1.82, 2.24) is 9.97 Å². The second-order valence-corrected chi connectivity index (χ2v) is 4.78. The monoisotopic (exact) mass is 219 g/mol. The summed E-state index contributed by atoms with van der Waals surface area (Å²) in [6.07, 6.45) is 10.2. The minimum atomic E-state index is 0.531. The van der Waals surface area contributed by atoms with Crippen molar-refractivity contribution in [3.63, 3.8) is 0 Å². The molecule has 0 unspecified atom stereocenters. The van der Waals surface area contributed by atoms with E-state index in [2.05, 4.69) is 16.9 Å². The highest BCUT2D eigenvalue weighted by Crippen LogP contribution is 2.35. The van der Waals surface area contributed by atoms with Crippen molar-refractivity contribution in [2.45, 2.75) is 51.5 Å². The normalized spacial score (nSPS) is 25.6. The number of nitrogens with zero attached hydrogens (tertiary/aromatic N) is 2. The molecule has 0 atom stereocenters. The van der Waals surface area contributed by atoms with Gasteiger partial charge in [0, 0.05) is 30.4 Å². The molecule has 1 aromatic rings. The first kappa shape index (κ1) is 11.5. The zero-order valence-electron chi connectivity index (χ0n) is 10.0. The first-order chi connectivity index (χ1) is 7.83. The summed E-state index contributed by atoms with van der Waals surface area (Å²) in [7, 11) is 0. The minimum absolute atomic E-state index is 0.531. The van der Waals surface area contributed by atoms with E-state index in [0.717, 1.165) is 17.3 Å². The number of hydrogen-bond donors (Lipinski definition) is 1. The Labute approximate surface area is 97.5 Å². The molecule has 0 aliphatic heterocycles. The second kappa shape index (κ2) is 5.39. The zero-order chi connectivity index (χ0) is 11.4. The van der Waals surface area contributed by atoms with E-state index >= 15 is 0 Å². The van der Waals surface area contributed by atoms with Gasteiger partial charge in [-0.15, -0.1) is 0 Å². The molecule has 3 nitrogen and oxygen atoms in total. The van der Waals surface area contributed by atoms with E-state index < -0.39 is 0 Å². The molecule has 3 heteroatoms. The molecule has 1 heterocycles. The third-order valence-corrected chi connectivity index (χ3v) is 3.75. The molecule has 1 aliphatic carbocycles. The van der Waals surface area contributed by atoms with Gasteiger partial charge in [-0.05, 0) is 31.6 Å². The lowest BCUT2D eigenvalue weighted by Crippen LogP contribution is -2.15. The van der Waals surface area contributed by atoms with Gasteiger partial charge in [0.1, 0.15) is 5.82 Å². The van der Waals surface area contributed by atoms with Gasteiger partial charge in [0.25, 0.3) is 0 Å². The molecule has 1 fully saturated rings. The van der Waals surface area contributed by atoms with Crippen LogP contribution in [0.4, 0.5) is 0 Å². The summed E-state index contributed by atoms with van der Waals surface area (Å²) in [4.78, 5) is 8.87. The summed E-state index contributed by atoms with van der Waals surface area (Å²) >= 11 is 0. The number of aromatic nitrogens is 2. The molecule has 0 aromatic carbocycles. The SMILES string of the molecule is CCC1CCC(c2ncc(CN)cn2)CC1. The fourth-order valence-corrected chi connectivity index (χ4v) is 2.51. The van der Waals surface area contributed by atoms with Gasteiger partial charge in [-0.1, -0.05) is 13.3 Å². The molecule has 1 saturated carbocycles. The molecule has 0 radical (unpaired) electrons. The third-order valence-electron chi connectivity index (χ3n) is 3.75. The van der Waals surface area contributed by atoms with Gasteiger partial charge in [-0.25, -0.2) is 9.97 Å². The fourth-order valence-electron chi connectivity index (χ4n) is 2.51. The molecule has 88 valence electrons. The van der Waals surface area contributed by atoms with E-state index in [1.807, 2.05) is 12.4 Å². The van der Waals surface area contributed by atoms with Crippen LogP contribution in [-0.2, 0) is 6.54 Å². The first-order valence-electron chi connectivity index (χ1n) is 6.34. The Hall–Kier alpha value is -0.960. The maximum atomic E-state index is 5.53. The van der Waals surface area contributed by atoms with Crippen molar-refractivity contribution in [2.75, 3.05) is 0 Å². The Morgan fingerprint density at radius 2 is 1.81 bits per heavy atom. The van der Waals surface area contributed by atoms with E-state index in [-0.39, 0.29) is 0 Å². The smallest absolute Gasteiger partial charge is 0.131 e. The summed E-state index contributed by atoms with van der Waals surface area (Å²) in [5.41, 5.74) is 6.55. The van der Waals surface area contributed by atoms with Crippen LogP contribution in [0.25, 0.3) is 0 Å². The maximum Gasteiger partial charge on any atom is 0.131 e. The van der Waals surface area contributed by atoms with Crippen LogP contribution >= 0.6 is 0 Å². The van der Waals surface area contributed by atoms with Crippen molar-refractivity contribution in [3.8, 4) is 0 Å². The van der Waals surface area contributed by atoms with Crippen LogP contribution in [0, 0.1) is 5.92 Å². The van der Waals surface area contributed by atoms with Crippen LogP contribution in [0.15, 0.2) is 12.4 Å². The van der Waals surface area contributed by atoms with Gasteiger partial charge >= 0.3 is 0 Å². The average molecular weight is 219 g/mol. The molecule has 0 saturated heterocycles. The molecule has 16 heavy (non-hydrogen) atoms. The van der Waals surface area contributed by atoms with Gasteiger partial charge in [-0.3, -0.25) is 0 Å². The Bertz CT molecular complexity index is 312. The summed E-state index contributed by atoms with van der Waals surface area (Å²) in [6, 6.07) is 0. The van der Waals surface area contributed by atoms with E-state index in [1.165, 1.54) is 32.1 Å². The van der Waals surface area contributed by atoms with Gasteiger partial charge in [0.05, 0.1) is 0 Å². The molecule has 0 bridgehead atoms. The van der Waals surface area contributed by atoms with Crippen LogP contribution in [0.1, 0.15) is 56.3 Å². The molecule has 1 aromatic heterocycles. The van der Waals surface area contributed by atoms with Crippen LogP contribution < -0.4 is 5.73 Å². The summed E-state index contributed by atoms with van der Waals surface area (Å²) in [6.45, 7) is 2.82. The summed E-state index contributed by atoms with van der Waals surface area (Å²) in [5.74, 6) is 2.53. The zero-order valence-corrected chi connectivity index (χ0v) is 10.0. The highest BCUT2D eigenvalue weighted by molar-refractivity contribution is 5.07. The number of rotatable bonds is 3. The topological polar surface area (TPSA) is 51.8 Å². The summed E-state index contributed by atoms with van der Waals surface area (Å²) in [5, 5.41) is 0. The van der Waals surface area contributed by atoms with E-state index in [1.54, 1.807) is 0 Å². The summed E-state index contributed by atoms with van der Waals surface area (Å²) < 4.78 is 0. The molecule has 0 spiro atoms. The molecule has 0 amide bonds. The lowest BCUT2D eigenvalue weighted by Gasteiger charge is -2.26. The van der Waals surface area contributed by atoms with Crippen molar-refractivity contribution in [3.05, 3.63) is 23.8 Å². The lowest BCUT2D eigenvalue weighted by atomic mass is 9.80. The van der Waals surface area contributed by atoms with Crippen molar-refractivity contribution in [2.24, 2.45) is 11.7 Å². The van der Waals surface area contributed by atoms with Gasteiger partial charge < -0.3 is 5.73 Å². The number of nitrogens with two attached hydrogens (primary N) is 1. The van der Waals surface area contributed by atoms with Gasteiger partial charge in [-0.2, -0.15) is 0 Å². The Kier molecular flexibility index (Phi) is 3.88. The Balaban J connectivity index is 1.97. The van der Waals surface area contributed by atoms with Crippen molar-refractivity contribution in [1.29, 1.82) is 0 Å². The largest absolute Gasteiger partial charge is 0.326 e. The van der Waals surface area contributed by atoms with E-state index in [0.29, 0.717) is 12.5 Å². The highest BCUT2D eigenvalue weighted by atomic mass is 14.9. The minimum Gasteiger partial charge on any atom is -0.326 e. The second-order valence-electron chi connectivity index (χ2n) is 4.78. The molecule has 2 N–H and O–H groups in total. The Morgan fingerprint density at radius 1 is 1.19 bits per heavy atom. The highest BCUT2D eigenvalue weighted by Gasteiger charge is 2.22. The van der Waals surface area contributed by atoms with Gasteiger partial charge in [0.2, 0.25) is 0 Å². The Morgan fingerprint density at radius 3 is 2.31 bits per heavy atom. The molecular formula is C13H21N3. The molecule has 2 rings (SSSR count). The first-order valence-corrected chi connectivity index (χ1v) is 6.34. The molecular weight excluding hydrogens is 198 g/mol.